The van der Waals surface area contributed by atoms with Crippen LogP contribution in [0.4, 0.5) is 5.69 Å². The highest BCUT2D eigenvalue weighted by molar-refractivity contribution is 6.04. The summed E-state index contributed by atoms with van der Waals surface area (Å²) in [5.41, 5.74) is -0.279. The standard InChI is InChI=1S/C14H19N3O4/c1-2-3-4-5-6-7-13(18)16-14(19)11-8-12(17(20)21)10-15-9-11/h8-10H,2-7H2,1H3,(H,16,18,19). The molecule has 1 heterocycles. The molecule has 0 aliphatic rings. The molecule has 0 aliphatic carbocycles. The fourth-order valence-corrected chi connectivity index (χ4v) is 1.80. The molecule has 0 fully saturated rings. The van der Waals surface area contributed by atoms with E-state index in [-0.39, 0.29) is 23.6 Å². The van der Waals surface area contributed by atoms with Crippen molar-refractivity contribution in [1.82, 2.24) is 10.3 Å². The first-order valence-corrected chi connectivity index (χ1v) is 6.98. The number of nitrogens with one attached hydrogen (secondary N) is 1. The minimum Gasteiger partial charge on any atom is -0.292 e. The van der Waals surface area contributed by atoms with Gasteiger partial charge in [0.1, 0.15) is 6.20 Å². The Bertz CT molecular complexity index is 517. The normalized spacial score (nSPS) is 10.1. The molecule has 7 nitrogen and oxygen atoms in total. The first-order valence-electron chi connectivity index (χ1n) is 6.98. The minimum absolute atomic E-state index is 0.00327. The van der Waals surface area contributed by atoms with E-state index in [0.717, 1.165) is 44.4 Å². The van der Waals surface area contributed by atoms with E-state index in [2.05, 4.69) is 17.2 Å². The quantitative estimate of drug-likeness (QED) is 0.451. The Kier molecular flexibility index (Phi) is 7.00. The van der Waals surface area contributed by atoms with Crippen LogP contribution in [0.25, 0.3) is 0 Å². The van der Waals surface area contributed by atoms with Crippen molar-refractivity contribution >= 4 is 17.5 Å². The van der Waals surface area contributed by atoms with Gasteiger partial charge in [-0.3, -0.25) is 30.0 Å². The predicted molar refractivity (Wildman–Crippen MR) is 76.7 cm³/mol. The Balaban J connectivity index is 2.43. The maximum absolute atomic E-state index is 11.8. The number of pyridine rings is 1. The summed E-state index contributed by atoms with van der Waals surface area (Å²) >= 11 is 0. The van der Waals surface area contributed by atoms with Crippen molar-refractivity contribution in [3.8, 4) is 0 Å². The first-order chi connectivity index (χ1) is 10.0. The molecule has 0 spiro atoms. The highest BCUT2D eigenvalue weighted by atomic mass is 16.6. The number of carbonyl (C=O) groups is 2. The zero-order valence-corrected chi connectivity index (χ0v) is 12.0. The van der Waals surface area contributed by atoms with Gasteiger partial charge in [0.15, 0.2) is 0 Å². The van der Waals surface area contributed by atoms with Gasteiger partial charge in [-0.15, -0.1) is 0 Å². The zero-order valence-electron chi connectivity index (χ0n) is 12.0. The average molecular weight is 293 g/mol. The number of hydrogen-bond donors (Lipinski definition) is 1. The number of rotatable bonds is 8. The van der Waals surface area contributed by atoms with Crippen LogP contribution in [0.5, 0.6) is 0 Å². The molecule has 0 aliphatic heterocycles. The second-order valence-electron chi connectivity index (χ2n) is 4.73. The van der Waals surface area contributed by atoms with Gasteiger partial charge < -0.3 is 0 Å². The van der Waals surface area contributed by atoms with Gasteiger partial charge in [-0.2, -0.15) is 0 Å². The fourth-order valence-electron chi connectivity index (χ4n) is 1.80. The lowest BCUT2D eigenvalue weighted by Gasteiger charge is -2.04. The van der Waals surface area contributed by atoms with Crippen molar-refractivity contribution in [3.05, 3.63) is 34.1 Å². The summed E-state index contributed by atoms with van der Waals surface area (Å²) in [4.78, 5) is 36.9. The van der Waals surface area contributed by atoms with Crippen LogP contribution < -0.4 is 5.32 Å². The number of amides is 2. The third-order valence-corrected chi connectivity index (χ3v) is 2.96. The van der Waals surface area contributed by atoms with Crippen LogP contribution in [0.3, 0.4) is 0 Å². The van der Waals surface area contributed by atoms with Crippen molar-refractivity contribution < 1.29 is 14.5 Å². The molecular formula is C14H19N3O4. The molecule has 2 amide bonds. The monoisotopic (exact) mass is 293 g/mol. The molecule has 0 saturated heterocycles. The molecule has 1 N–H and O–H groups in total. The summed E-state index contributed by atoms with van der Waals surface area (Å²) in [5.74, 6) is -1.03. The molecule has 114 valence electrons. The van der Waals surface area contributed by atoms with E-state index in [1.54, 1.807) is 0 Å². The van der Waals surface area contributed by atoms with Gasteiger partial charge in [-0.1, -0.05) is 32.6 Å². The summed E-state index contributed by atoms with van der Waals surface area (Å²) in [6.45, 7) is 2.11. The van der Waals surface area contributed by atoms with Gasteiger partial charge in [-0.05, 0) is 6.42 Å². The number of aromatic nitrogens is 1. The summed E-state index contributed by atoms with van der Waals surface area (Å²) in [6.07, 6.45) is 7.54. The molecule has 7 heteroatoms. The van der Waals surface area contributed by atoms with E-state index >= 15 is 0 Å². The third kappa shape index (κ3) is 6.11. The Morgan fingerprint density at radius 3 is 2.62 bits per heavy atom. The van der Waals surface area contributed by atoms with Crippen molar-refractivity contribution in [3.63, 3.8) is 0 Å². The van der Waals surface area contributed by atoms with Gasteiger partial charge in [0.2, 0.25) is 5.91 Å². The molecule has 1 aromatic heterocycles. The Morgan fingerprint density at radius 2 is 1.95 bits per heavy atom. The highest BCUT2D eigenvalue weighted by Crippen LogP contribution is 2.11. The van der Waals surface area contributed by atoms with Crippen LogP contribution in [-0.2, 0) is 4.79 Å². The molecule has 1 aromatic rings. The van der Waals surface area contributed by atoms with Gasteiger partial charge in [0.05, 0.1) is 10.5 Å². The van der Waals surface area contributed by atoms with Crippen LogP contribution in [0.15, 0.2) is 18.5 Å². The smallest absolute Gasteiger partial charge is 0.288 e. The zero-order chi connectivity index (χ0) is 15.7. The molecule has 1 rings (SSSR count). The number of nitro groups is 1. The lowest BCUT2D eigenvalue weighted by atomic mass is 10.1. The Hall–Kier alpha value is -2.31. The Labute approximate surface area is 122 Å². The van der Waals surface area contributed by atoms with E-state index in [1.165, 1.54) is 6.20 Å². The number of hydrogen-bond acceptors (Lipinski definition) is 5. The van der Waals surface area contributed by atoms with E-state index < -0.39 is 10.8 Å². The fraction of sp³-hybridized carbons (Fsp3) is 0.500. The van der Waals surface area contributed by atoms with Crippen molar-refractivity contribution in [1.29, 1.82) is 0 Å². The minimum atomic E-state index is -0.662. The maximum atomic E-state index is 11.8. The van der Waals surface area contributed by atoms with E-state index in [4.69, 9.17) is 0 Å². The first kappa shape index (κ1) is 16.7. The molecular weight excluding hydrogens is 274 g/mol. The number of carbonyl (C=O) groups excluding carboxylic acids is 2. The molecule has 21 heavy (non-hydrogen) atoms. The van der Waals surface area contributed by atoms with Crippen LogP contribution >= 0.6 is 0 Å². The summed E-state index contributed by atoms with van der Waals surface area (Å²) in [7, 11) is 0. The van der Waals surface area contributed by atoms with E-state index in [1.807, 2.05) is 0 Å². The maximum Gasteiger partial charge on any atom is 0.288 e. The number of unbranched alkanes of at least 4 members (excludes halogenated alkanes) is 4. The third-order valence-electron chi connectivity index (χ3n) is 2.96. The van der Waals surface area contributed by atoms with E-state index in [9.17, 15) is 19.7 Å². The molecule has 0 bridgehead atoms. The second-order valence-corrected chi connectivity index (χ2v) is 4.73. The van der Waals surface area contributed by atoms with Gasteiger partial charge in [-0.25, -0.2) is 0 Å². The SMILES string of the molecule is CCCCCCCC(=O)NC(=O)c1cncc([N+](=O)[O-])c1. The van der Waals surface area contributed by atoms with Gasteiger partial charge in [0, 0.05) is 18.7 Å². The van der Waals surface area contributed by atoms with Crippen molar-refractivity contribution in [2.45, 2.75) is 45.4 Å². The van der Waals surface area contributed by atoms with Gasteiger partial charge >= 0.3 is 0 Å². The summed E-state index contributed by atoms with van der Waals surface area (Å²) in [6, 6.07) is 1.09. The molecule has 0 saturated carbocycles. The molecule has 0 aromatic carbocycles. The van der Waals surface area contributed by atoms with Crippen LogP contribution in [0, 0.1) is 10.1 Å². The second kappa shape index (κ2) is 8.78. The van der Waals surface area contributed by atoms with E-state index in [0.29, 0.717) is 0 Å². The Morgan fingerprint density at radius 1 is 1.24 bits per heavy atom. The molecule has 0 radical (unpaired) electrons. The molecule has 0 unspecified atom stereocenters. The van der Waals surface area contributed by atoms with Crippen LogP contribution in [0.2, 0.25) is 0 Å². The number of nitrogens with zero attached hydrogens (tertiary/aromatic N) is 2. The van der Waals surface area contributed by atoms with Gasteiger partial charge in [0.25, 0.3) is 11.6 Å². The van der Waals surface area contributed by atoms with Crippen LogP contribution in [0.1, 0.15) is 55.8 Å². The van der Waals surface area contributed by atoms with Crippen LogP contribution in [-0.4, -0.2) is 21.7 Å². The summed E-state index contributed by atoms with van der Waals surface area (Å²) in [5, 5.41) is 12.8. The topological polar surface area (TPSA) is 102 Å². The van der Waals surface area contributed by atoms with Crippen molar-refractivity contribution in [2.24, 2.45) is 0 Å². The molecule has 0 atom stereocenters. The lowest BCUT2D eigenvalue weighted by molar-refractivity contribution is -0.385. The largest absolute Gasteiger partial charge is 0.292 e. The lowest BCUT2D eigenvalue weighted by Crippen LogP contribution is -2.30. The summed E-state index contributed by atoms with van der Waals surface area (Å²) < 4.78 is 0. The highest BCUT2D eigenvalue weighted by Gasteiger charge is 2.14. The number of imide groups is 1. The van der Waals surface area contributed by atoms with Crippen molar-refractivity contribution in [2.75, 3.05) is 0 Å². The average Bonchev–Trinajstić information content (AvgIpc) is 2.47. The predicted octanol–water partition coefficient (Wildman–Crippen LogP) is 2.61.